The Labute approximate surface area is 126 Å². The summed E-state index contributed by atoms with van der Waals surface area (Å²) in [4.78, 5) is 24.0. The Bertz CT molecular complexity index is 552. The van der Waals surface area contributed by atoms with E-state index in [9.17, 15) is 14.0 Å². The van der Waals surface area contributed by atoms with Gasteiger partial charge in [0, 0.05) is 13.0 Å². The molecule has 0 aromatic heterocycles. The summed E-state index contributed by atoms with van der Waals surface area (Å²) >= 11 is 5.74. The number of hydrogen-bond acceptors (Lipinski definition) is 3. The quantitative estimate of drug-likeness (QED) is 0.925. The van der Waals surface area contributed by atoms with Crippen molar-refractivity contribution in [1.82, 2.24) is 4.90 Å². The number of carboxylic acid groups (broad SMARTS) is 1. The third kappa shape index (κ3) is 4.15. The summed E-state index contributed by atoms with van der Waals surface area (Å²) in [5, 5.41) is 8.61. The highest BCUT2D eigenvalue weighted by Gasteiger charge is 2.25. The first-order chi connectivity index (χ1) is 9.97. The van der Waals surface area contributed by atoms with Crippen LogP contribution in [0.25, 0.3) is 0 Å². The summed E-state index contributed by atoms with van der Waals surface area (Å²) in [5.74, 6) is -1.73. The van der Waals surface area contributed by atoms with E-state index in [2.05, 4.69) is 0 Å². The van der Waals surface area contributed by atoms with E-state index < -0.39 is 11.8 Å². The zero-order valence-corrected chi connectivity index (χ0v) is 12.0. The fourth-order valence-electron chi connectivity index (χ4n) is 2.16. The van der Waals surface area contributed by atoms with E-state index >= 15 is 0 Å². The van der Waals surface area contributed by atoms with E-state index in [1.807, 2.05) is 0 Å². The lowest BCUT2D eigenvalue weighted by Gasteiger charge is -2.33. The van der Waals surface area contributed by atoms with Gasteiger partial charge in [-0.2, -0.15) is 0 Å². The van der Waals surface area contributed by atoms with Crippen LogP contribution in [0.1, 0.15) is 24.5 Å². The van der Waals surface area contributed by atoms with Crippen LogP contribution in [0.5, 0.6) is 0 Å². The van der Waals surface area contributed by atoms with Crippen molar-refractivity contribution in [3.63, 3.8) is 0 Å². The monoisotopic (exact) mass is 315 g/mol. The molecule has 0 saturated carbocycles. The second kappa shape index (κ2) is 6.87. The number of benzene rings is 1. The summed E-state index contributed by atoms with van der Waals surface area (Å²) < 4.78 is 18.7. The van der Waals surface area contributed by atoms with Gasteiger partial charge in [0.1, 0.15) is 11.9 Å². The molecule has 1 heterocycles. The van der Waals surface area contributed by atoms with Crippen LogP contribution in [0, 0.1) is 5.82 Å². The molecule has 1 fully saturated rings. The highest BCUT2D eigenvalue weighted by molar-refractivity contribution is 6.30. The van der Waals surface area contributed by atoms with Crippen molar-refractivity contribution in [2.45, 2.75) is 18.9 Å². The van der Waals surface area contributed by atoms with Crippen LogP contribution >= 0.6 is 11.6 Å². The van der Waals surface area contributed by atoms with Gasteiger partial charge in [-0.3, -0.25) is 9.59 Å². The Morgan fingerprint density at radius 2 is 2.19 bits per heavy atom. The molecule has 5 nitrogen and oxygen atoms in total. The van der Waals surface area contributed by atoms with Crippen LogP contribution in [0.4, 0.5) is 4.39 Å². The largest absolute Gasteiger partial charge is 0.481 e. The van der Waals surface area contributed by atoms with Crippen LogP contribution in [0.15, 0.2) is 18.2 Å². The second-order valence-corrected chi connectivity index (χ2v) is 5.17. The van der Waals surface area contributed by atoms with E-state index in [1.165, 1.54) is 12.1 Å². The maximum absolute atomic E-state index is 13.2. The number of morpholine rings is 1. The van der Waals surface area contributed by atoms with E-state index in [1.54, 1.807) is 11.0 Å². The zero-order valence-electron chi connectivity index (χ0n) is 11.2. The van der Waals surface area contributed by atoms with Crippen molar-refractivity contribution in [2.75, 3.05) is 19.7 Å². The topological polar surface area (TPSA) is 66.8 Å². The van der Waals surface area contributed by atoms with E-state index in [0.717, 1.165) is 0 Å². The molecule has 1 amide bonds. The molecule has 1 aromatic carbocycles. The van der Waals surface area contributed by atoms with Gasteiger partial charge in [-0.05, 0) is 17.7 Å². The first kappa shape index (κ1) is 15.7. The van der Waals surface area contributed by atoms with Gasteiger partial charge < -0.3 is 14.7 Å². The van der Waals surface area contributed by atoms with Crippen molar-refractivity contribution in [2.24, 2.45) is 0 Å². The van der Waals surface area contributed by atoms with Crippen molar-refractivity contribution in [3.8, 4) is 0 Å². The number of rotatable bonds is 4. The standard InChI is InChI=1S/C14H15ClFNO4/c15-10-7-9(1-2-11(10)16)12-8-17(5-6-21-12)13(18)3-4-14(19)20/h1-2,7,12H,3-6,8H2,(H,19,20). The molecule has 1 N–H and O–H groups in total. The minimum atomic E-state index is -1.00. The molecule has 1 saturated heterocycles. The van der Waals surface area contributed by atoms with Crippen LogP contribution in [-0.4, -0.2) is 41.6 Å². The molecule has 0 bridgehead atoms. The number of carbonyl (C=O) groups is 2. The predicted octanol–water partition coefficient (Wildman–Crippen LogP) is 2.24. The summed E-state index contributed by atoms with van der Waals surface area (Å²) in [6, 6.07) is 4.30. The van der Waals surface area contributed by atoms with Gasteiger partial charge in [-0.15, -0.1) is 0 Å². The lowest BCUT2D eigenvalue weighted by Crippen LogP contribution is -2.42. The van der Waals surface area contributed by atoms with E-state index in [-0.39, 0.29) is 29.9 Å². The first-order valence-electron chi connectivity index (χ1n) is 6.53. The number of ether oxygens (including phenoxy) is 1. The van der Waals surface area contributed by atoms with Gasteiger partial charge in [0.05, 0.1) is 24.6 Å². The maximum atomic E-state index is 13.2. The second-order valence-electron chi connectivity index (χ2n) is 4.77. The number of hydrogen-bond donors (Lipinski definition) is 1. The molecule has 21 heavy (non-hydrogen) atoms. The average Bonchev–Trinajstić information content (AvgIpc) is 2.47. The minimum absolute atomic E-state index is 0.00503. The molecule has 0 aliphatic carbocycles. The highest BCUT2D eigenvalue weighted by Crippen LogP contribution is 2.26. The Kier molecular flexibility index (Phi) is 5.14. The van der Waals surface area contributed by atoms with Gasteiger partial charge in [-0.1, -0.05) is 17.7 Å². The Morgan fingerprint density at radius 1 is 1.43 bits per heavy atom. The molecule has 1 aliphatic heterocycles. The Balaban J connectivity index is 2.01. The Hall–Kier alpha value is -1.66. The van der Waals surface area contributed by atoms with Gasteiger partial charge in [0.15, 0.2) is 0 Å². The summed E-state index contributed by atoms with van der Waals surface area (Å²) in [6.07, 6.45) is -0.610. The van der Waals surface area contributed by atoms with Gasteiger partial charge in [0.2, 0.25) is 5.91 Å². The van der Waals surface area contributed by atoms with Crippen molar-refractivity contribution >= 4 is 23.5 Å². The maximum Gasteiger partial charge on any atom is 0.303 e. The number of carbonyl (C=O) groups excluding carboxylic acids is 1. The number of halogens is 2. The highest BCUT2D eigenvalue weighted by atomic mass is 35.5. The van der Waals surface area contributed by atoms with Gasteiger partial charge >= 0.3 is 5.97 Å². The van der Waals surface area contributed by atoms with Crippen LogP contribution in [0.3, 0.4) is 0 Å². The normalized spacial score (nSPS) is 18.6. The van der Waals surface area contributed by atoms with Crippen molar-refractivity contribution in [3.05, 3.63) is 34.6 Å². The smallest absolute Gasteiger partial charge is 0.303 e. The molecular formula is C14H15ClFNO4. The summed E-state index contributed by atoms with van der Waals surface area (Å²) in [6.45, 7) is 1.07. The summed E-state index contributed by atoms with van der Waals surface area (Å²) in [5.41, 5.74) is 0.692. The zero-order chi connectivity index (χ0) is 15.4. The number of amides is 1. The predicted molar refractivity (Wildman–Crippen MR) is 73.6 cm³/mol. The molecule has 1 atom stereocenters. The molecule has 2 rings (SSSR count). The Morgan fingerprint density at radius 3 is 2.86 bits per heavy atom. The SMILES string of the molecule is O=C(O)CCC(=O)N1CCOC(c2ccc(F)c(Cl)c2)C1. The number of aliphatic carboxylic acids is 1. The number of nitrogens with zero attached hydrogens (tertiary/aromatic N) is 1. The van der Waals surface area contributed by atoms with Crippen LogP contribution in [-0.2, 0) is 14.3 Å². The van der Waals surface area contributed by atoms with Gasteiger partial charge in [-0.25, -0.2) is 4.39 Å². The lowest BCUT2D eigenvalue weighted by molar-refractivity contribution is -0.144. The van der Waals surface area contributed by atoms with E-state index in [0.29, 0.717) is 25.3 Å². The van der Waals surface area contributed by atoms with Crippen LogP contribution < -0.4 is 0 Å². The van der Waals surface area contributed by atoms with Crippen molar-refractivity contribution in [1.29, 1.82) is 0 Å². The first-order valence-corrected chi connectivity index (χ1v) is 6.91. The fraction of sp³-hybridized carbons (Fsp3) is 0.429. The van der Waals surface area contributed by atoms with Crippen LogP contribution in [0.2, 0.25) is 5.02 Å². The number of carboxylic acids is 1. The molecule has 0 spiro atoms. The fourth-order valence-corrected chi connectivity index (χ4v) is 2.35. The third-order valence-electron chi connectivity index (χ3n) is 3.29. The minimum Gasteiger partial charge on any atom is -0.481 e. The molecule has 1 aliphatic rings. The summed E-state index contributed by atoms with van der Waals surface area (Å²) in [7, 11) is 0. The van der Waals surface area contributed by atoms with Crippen molar-refractivity contribution < 1.29 is 23.8 Å². The molecule has 7 heteroatoms. The third-order valence-corrected chi connectivity index (χ3v) is 3.58. The molecule has 114 valence electrons. The lowest BCUT2D eigenvalue weighted by atomic mass is 10.1. The van der Waals surface area contributed by atoms with E-state index in [4.69, 9.17) is 21.4 Å². The molecular weight excluding hydrogens is 301 g/mol. The molecule has 0 radical (unpaired) electrons. The average molecular weight is 316 g/mol. The van der Waals surface area contributed by atoms with Gasteiger partial charge in [0.25, 0.3) is 0 Å². The molecule has 1 aromatic rings. The molecule has 1 unspecified atom stereocenters.